The summed E-state index contributed by atoms with van der Waals surface area (Å²) in [5.74, 6) is 1.46. The minimum atomic E-state index is 0.368. The fourth-order valence-electron chi connectivity index (χ4n) is 2.48. The lowest BCUT2D eigenvalue weighted by molar-refractivity contribution is 0.183. The van der Waals surface area contributed by atoms with Crippen LogP contribution in [0.2, 0.25) is 0 Å². The van der Waals surface area contributed by atoms with Gasteiger partial charge in [-0.05, 0) is 25.5 Å². The topological polar surface area (TPSA) is 39.1 Å². The lowest BCUT2D eigenvalue weighted by Gasteiger charge is -2.20. The first-order valence-electron chi connectivity index (χ1n) is 6.77. The smallest absolute Gasteiger partial charge is 0.207 e. The molecule has 0 spiro atoms. The molecule has 3 rings (SSSR count). The number of aromatic nitrogens is 2. The molecule has 1 N–H and O–H groups in total. The van der Waals surface area contributed by atoms with Gasteiger partial charge in [-0.15, -0.1) is 0 Å². The zero-order valence-electron chi connectivity index (χ0n) is 11.1. The summed E-state index contributed by atoms with van der Waals surface area (Å²) in [5, 5.41) is 3.50. The van der Waals surface area contributed by atoms with Crippen molar-refractivity contribution in [2.75, 3.05) is 18.5 Å². The van der Waals surface area contributed by atoms with Crippen LogP contribution in [0, 0.1) is 5.92 Å². The van der Waals surface area contributed by atoms with E-state index in [0.29, 0.717) is 12.0 Å². The SMILES string of the molecule is CC(Nc1nccn1-c1ccccc1)C1CCOC1. The molecule has 2 atom stereocenters. The van der Waals surface area contributed by atoms with E-state index in [9.17, 15) is 0 Å². The van der Waals surface area contributed by atoms with Crippen LogP contribution in [0.25, 0.3) is 5.69 Å². The average molecular weight is 257 g/mol. The molecule has 1 fully saturated rings. The highest BCUT2D eigenvalue weighted by atomic mass is 16.5. The van der Waals surface area contributed by atoms with Crippen LogP contribution in [-0.4, -0.2) is 28.8 Å². The highest BCUT2D eigenvalue weighted by molar-refractivity contribution is 5.42. The first-order valence-corrected chi connectivity index (χ1v) is 6.77. The first-order chi connectivity index (χ1) is 9.34. The molecule has 0 aliphatic carbocycles. The summed E-state index contributed by atoms with van der Waals surface area (Å²) < 4.78 is 7.52. The second kappa shape index (κ2) is 5.45. The van der Waals surface area contributed by atoms with Crippen LogP contribution in [0.15, 0.2) is 42.7 Å². The van der Waals surface area contributed by atoms with Gasteiger partial charge in [0.15, 0.2) is 0 Å². The third-order valence-electron chi connectivity index (χ3n) is 3.70. The Morgan fingerprint density at radius 2 is 2.21 bits per heavy atom. The Kier molecular flexibility index (Phi) is 3.51. The van der Waals surface area contributed by atoms with E-state index in [0.717, 1.165) is 31.3 Å². The van der Waals surface area contributed by atoms with Gasteiger partial charge in [0.1, 0.15) is 0 Å². The van der Waals surface area contributed by atoms with Crippen LogP contribution in [-0.2, 0) is 4.74 Å². The molecule has 1 aliphatic rings. The molecule has 4 heteroatoms. The van der Waals surface area contributed by atoms with Gasteiger partial charge in [-0.1, -0.05) is 18.2 Å². The van der Waals surface area contributed by atoms with Gasteiger partial charge in [-0.2, -0.15) is 0 Å². The molecule has 0 saturated carbocycles. The Morgan fingerprint density at radius 1 is 1.37 bits per heavy atom. The zero-order valence-corrected chi connectivity index (χ0v) is 11.1. The summed E-state index contributed by atoms with van der Waals surface area (Å²) in [7, 11) is 0. The Bertz CT molecular complexity index is 517. The van der Waals surface area contributed by atoms with E-state index in [2.05, 4.69) is 33.9 Å². The van der Waals surface area contributed by atoms with Gasteiger partial charge in [0.25, 0.3) is 0 Å². The number of anilines is 1. The van der Waals surface area contributed by atoms with E-state index in [4.69, 9.17) is 4.74 Å². The molecular formula is C15H19N3O. The van der Waals surface area contributed by atoms with Crippen molar-refractivity contribution in [3.63, 3.8) is 0 Å². The molecule has 2 heterocycles. The van der Waals surface area contributed by atoms with Crippen molar-refractivity contribution in [2.24, 2.45) is 5.92 Å². The number of benzene rings is 1. The van der Waals surface area contributed by atoms with Crippen molar-refractivity contribution in [1.29, 1.82) is 0 Å². The van der Waals surface area contributed by atoms with Crippen molar-refractivity contribution in [1.82, 2.24) is 9.55 Å². The Balaban J connectivity index is 1.77. The molecule has 4 nitrogen and oxygen atoms in total. The third kappa shape index (κ3) is 2.63. The van der Waals surface area contributed by atoms with Crippen LogP contribution in [0.1, 0.15) is 13.3 Å². The number of hydrogen-bond acceptors (Lipinski definition) is 3. The number of nitrogens with zero attached hydrogens (tertiary/aromatic N) is 2. The van der Waals surface area contributed by atoms with E-state index in [1.807, 2.05) is 30.6 Å². The fourth-order valence-corrected chi connectivity index (χ4v) is 2.48. The Hall–Kier alpha value is -1.81. The summed E-state index contributed by atoms with van der Waals surface area (Å²) >= 11 is 0. The van der Waals surface area contributed by atoms with Crippen LogP contribution in [0.3, 0.4) is 0 Å². The zero-order chi connectivity index (χ0) is 13.1. The van der Waals surface area contributed by atoms with Crippen LogP contribution in [0.4, 0.5) is 5.95 Å². The molecule has 1 aliphatic heterocycles. The van der Waals surface area contributed by atoms with Gasteiger partial charge in [-0.25, -0.2) is 4.98 Å². The first kappa shape index (κ1) is 12.2. The quantitative estimate of drug-likeness (QED) is 0.915. The standard InChI is InChI=1S/C15H19N3O/c1-12(13-7-10-19-11-13)17-15-16-8-9-18(15)14-5-3-2-4-6-14/h2-6,8-9,12-13H,7,10-11H2,1H3,(H,16,17). The number of imidazole rings is 1. The van der Waals surface area contributed by atoms with Gasteiger partial charge >= 0.3 is 0 Å². The van der Waals surface area contributed by atoms with Crippen molar-refractivity contribution >= 4 is 5.95 Å². The summed E-state index contributed by atoms with van der Waals surface area (Å²) in [6.45, 7) is 3.92. The third-order valence-corrected chi connectivity index (χ3v) is 3.70. The maximum Gasteiger partial charge on any atom is 0.207 e. The van der Waals surface area contributed by atoms with E-state index in [1.165, 1.54) is 0 Å². The molecule has 0 radical (unpaired) electrons. The maximum absolute atomic E-state index is 5.45. The number of nitrogens with one attached hydrogen (secondary N) is 1. The molecule has 2 unspecified atom stereocenters. The van der Waals surface area contributed by atoms with E-state index >= 15 is 0 Å². The fraction of sp³-hybridized carbons (Fsp3) is 0.400. The maximum atomic E-state index is 5.45. The molecule has 1 aromatic heterocycles. The van der Waals surface area contributed by atoms with Gasteiger partial charge in [0.05, 0.1) is 6.61 Å². The predicted molar refractivity (Wildman–Crippen MR) is 75.6 cm³/mol. The summed E-state index contributed by atoms with van der Waals surface area (Å²) in [5.41, 5.74) is 1.12. The lowest BCUT2D eigenvalue weighted by Crippen LogP contribution is -2.27. The summed E-state index contributed by atoms with van der Waals surface area (Å²) in [4.78, 5) is 4.41. The van der Waals surface area contributed by atoms with Crippen molar-refractivity contribution < 1.29 is 4.74 Å². The summed E-state index contributed by atoms with van der Waals surface area (Å²) in [6, 6.07) is 10.6. The highest BCUT2D eigenvalue weighted by Crippen LogP contribution is 2.21. The molecule has 0 bridgehead atoms. The van der Waals surface area contributed by atoms with Gasteiger partial charge in [0.2, 0.25) is 5.95 Å². The molecule has 19 heavy (non-hydrogen) atoms. The molecular weight excluding hydrogens is 238 g/mol. The van der Waals surface area contributed by atoms with Gasteiger partial charge in [0, 0.05) is 36.6 Å². The predicted octanol–water partition coefficient (Wildman–Crippen LogP) is 2.71. The second-order valence-corrected chi connectivity index (χ2v) is 5.01. The van der Waals surface area contributed by atoms with E-state index in [1.54, 1.807) is 0 Å². The van der Waals surface area contributed by atoms with Crippen molar-refractivity contribution in [3.8, 4) is 5.69 Å². The Morgan fingerprint density at radius 3 is 2.95 bits per heavy atom. The minimum absolute atomic E-state index is 0.368. The Labute approximate surface area is 113 Å². The second-order valence-electron chi connectivity index (χ2n) is 5.01. The molecule has 1 saturated heterocycles. The molecule has 1 aromatic carbocycles. The van der Waals surface area contributed by atoms with Gasteiger partial charge in [-0.3, -0.25) is 4.57 Å². The van der Waals surface area contributed by atoms with Crippen LogP contribution in [0.5, 0.6) is 0 Å². The number of rotatable bonds is 4. The van der Waals surface area contributed by atoms with Crippen LogP contribution >= 0.6 is 0 Å². The molecule has 2 aromatic rings. The monoisotopic (exact) mass is 257 g/mol. The normalized spacial score (nSPS) is 20.4. The van der Waals surface area contributed by atoms with Gasteiger partial charge < -0.3 is 10.1 Å². The van der Waals surface area contributed by atoms with E-state index < -0.39 is 0 Å². The summed E-state index contributed by atoms with van der Waals surface area (Å²) in [6.07, 6.45) is 4.93. The van der Waals surface area contributed by atoms with E-state index in [-0.39, 0.29) is 0 Å². The molecule has 100 valence electrons. The minimum Gasteiger partial charge on any atom is -0.381 e. The van der Waals surface area contributed by atoms with Crippen molar-refractivity contribution in [2.45, 2.75) is 19.4 Å². The molecule has 0 amide bonds. The van der Waals surface area contributed by atoms with Crippen LogP contribution < -0.4 is 5.32 Å². The lowest BCUT2D eigenvalue weighted by atomic mass is 10.0. The number of hydrogen-bond donors (Lipinski definition) is 1. The van der Waals surface area contributed by atoms with Crippen molar-refractivity contribution in [3.05, 3.63) is 42.7 Å². The number of para-hydroxylation sites is 1. The number of ether oxygens (including phenoxy) is 1. The highest BCUT2D eigenvalue weighted by Gasteiger charge is 2.23. The average Bonchev–Trinajstić information content (AvgIpc) is 3.11. The largest absolute Gasteiger partial charge is 0.381 e.